The van der Waals surface area contributed by atoms with Gasteiger partial charge >= 0.3 is 10.2 Å². The predicted octanol–water partition coefficient (Wildman–Crippen LogP) is 3.50. The van der Waals surface area contributed by atoms with E-state index < -0.39 is 28.7 Å². The highest BCUT2D eigenvalue weighted by atomic mass is 32.2. The fourth-order valence-corrected chi connectivity index (χ4v) is 5.07. The van der Waals surface area contributed by atoms with Crippen LogP contribution in [-0.4, -0.2) is 69.8 Å². The van der Waals surface area contributed by atoms with Crippen LogP contribution < -0.4 is 14.4 Å². The van der Waals surface area contributed by atoms with Crippen molar-refractivity contribution in [2.45, 2.75) is 53.6 Å². The number of hydrogen-bond donors (Lipinski definition) is 1. The van der Waals surface area contributed by atoms with E-state index in [1.165, 1.54) is 19.0 Å². The van der Waals surface area contributed by atoms with Gasteiger partial charge in [0.2, 0.25) is 11.8 Å². The summed E-state index contributed by atoms with van der Waals surface area (Å²) in [5.74, 6) is 0.175. The lowest BCUT2D eigenvalue weighted by atomic mass is 10.1. The molecule has 0 radical (unpaired) electrons. The van der Waals surface area contributed by atoms with Crippen LogP contribution in [0, 0.1) is 19.8 Å². The van der Waals surface area contributed by atoms with Crippen LogP contribution in [0.4, 0.5) is 5.69 Å². The van der Waals surface area contributed by atoms with Crippen LogP contribution in [0.15, 0.2) is 42.5 Å². The van der Waals surface area contributed by atoms with Crippen LogP contribution in [-0.2, 0) is 26.3 Å². The molecular weight excluding hydrogens is 504 g/mol. The summed E-state index contributed by atoms with van der Waals surface area (Å²) in [6.45, 7) is 9.67. The van der Waals surface area contributed by atoms with Crippen molar-refractivity contribution in [1.82, 2.24) is 14.5 Å². The molecule has 2 aromatic rings. The van der Waals surface area contributed by atoms with Gasteiger partial charge in [-0.25, -0.2) is 4.31 Å². The predicted molar refractivity (Wildman–Crippen MR) is 151 cm³/mol. The van der Waals surface area contributed by atoms with Crippen molar-refractivity contribution in [1.29, 1.82) is 0 Å². The number of anilines is 1. The van der Waals surface area contributed by atoms with Crippen molar-refractivity contribution >= 4 is 27.7 Å². The Morgan fingerprint density at radius 2 is 1.66 bits per heavy atom. The molecule has 2 aromatic carbocycles. The first-order valence-corrected chi connectivity index (χ1v) is 14.2. The van der Waals surface area contributed by atoms with E-state index in [4.69, 9.17) is 4.74 Å². The topological polar surface area (TPSA) is 99.3 Å². The van der Waals surface area contributed by atoms with Crippen LogP contribution in [0.5, 0.6) is 5.75 Å². The third-order valence-corrected chi connectivity index (χ3v) is 8.04. The first-order valence-electron chi connectivity index (χ1n) is 12.8. The number of hydrogen-bond acceptors (Lipinski definition) is 5. The Morgan fingerprint density at radius 1 is 1.03 bits per heavy atom. The Morgan fingerprint density at radius 3 is 2.18 bits per heavy atom. The van der Waals surface area contributed by atoms with Crippen molar-refractivity contribution in [3.8, 4) is 5.75 Å². The summed E-state index contributed by atoms with van der Waals surface area (Å²) in [5, 5.41) is 2.93. The molecule has 0 saturated carbocycles. The van der Waals surface area contributed by atoms with Gasteiger partial charge in [0.15, 0.2) is 0 Å². The third kappa shape index (κ3) is 7.94. The molecule has 38 heavy (non-hydrogen) atoms. The van der Waals surface area contributed by atoms with E-state index in [1.807, 2.05) is 52.0 Å². The molecule has 1 N–H and O–H groups in total. The number of methoxy groups -OCH3 is 1. The summed E-state index contributed by atoms with van der Waals surface area (Å²) in [5.41, 5.74) is 2.81. The van der Waals surface area contributed by atoms with E-state index in [0.717, 1.165) is 25.3 Å². The molecule has 0 heterocycles. The molecule has 1 atom stereocenters. The standard InChI is InChI=1S/C28H42N4O5S/c1-9-25(28(34)29-17-20(2)3)31(18-23-12-14-24(37-8)15-13-23)27(33)19-32(38(35,36)30(6)7)26-16-21(4)10-11-22(26)5/h10-16,20,25H,9,17-19H2,1-8H3,(H,29,34)/t25-/m0/s1. The number of carbonyl (C=O) groups excluding carboxylic acids is 2. The number of rotatable bonds is 13. The van der Waals surface area contributed by atoms with E-state index in [9.17, 15) is 18.0 Å². The second-order valence-corrected chi connectivity index (χ2v) is 12.1. The fourth-order valence-electron chi connectivity index (χ4n) is 3.96. The summed E-state index contributed by atoms with van der Waals surface area (Å²) in [6.07, 6.45) is 0.371. The number of amides is 2. The molecule has 0 aliphatic heterocycles. The Hall–Kier alpha value is -3.11. The molecule has 210 valence electrons. The molecule has 0 aliphatic rings. The van der Waals surface area contributed by atoms with Gasteiger partial charge in [-0.2, -0.15) is 12.7 Å². The van der Waals surface area contributed by atoms with Crippen molar-refractivity contribution < 1.29 is 22.7 Å². The molecule has 0 aliphatic carbocycles. The van der Waals surface area contributed by atoms with Gasteiger partial charge in [0.05, 0.1) is 12.8 Å². The van der Waals surface area contributed by atoms with Crippen LogP contribution >= 0.6 is 0 Å². The fraction of sp³-hybridized carbons (Fsp3) is 0.500. The van der Waals surface area contributed by atoms with E-state index in [1.54, 1.807) is 32.2 Å². The largest absolute Gasteiger partial charge is 0.497 e. The molecular formula is C28H42N4O5S. The normalized spacial score (nSPS) is 12.4. The second kappa shape index (κ2) is 13.6. The Bertz CT molecular complexity index is 1200. The van der Waals surface area contributed by atoms with Crippen LogP contribution in [0.2, 0.25) is 0 Å². The van der Waals surface area contributed by atoms with Crippen LogP contribution in [0.25, 0.3) is 0 Å². The molecule has 10 heteroatoms. The van der Waals surface area contributed by atoms with Crippen molar-refractivity contribution in [2.24, 2.45) is 5.92 Å². The molecule has 2 amide bonds. The number of nitrogens with zero attached hydrogens (tertiary/aromatic N) is 3. The van der Waals surface area contributed by atoms with E-state index in [0.29, 0.717) is 24.4 Å². The van der Waals surface area contributed by atoms with E-state index >= 15 is 0 Å². The van der Waals surface area contributed by atoms with Crippen molar-refractivity contribution in [3.05, 3.63) is 59.2 Å². The first kappa shape index (κ1) is 31.1. The lowest BCUT2D eigenvalue weighted by molar-refractivity contribution is -0.140. The van der Waals surface area contributed by atoms with Crippen molar-refractivity contribution in [3.63, 3.8) is 0 Å². The molecule has 0 spiro atoms. The average molecular weight is 547 g/mol. The quantitative estimate of drug-likeness (QED) is 0.415. The molecule has 2 rings (SSSR count). The highest BCUT2D eigenvalue weighted by Gasteiger charge is 2.34. The van der Waals surface area contributed by atoms with Gasteiger partial charge in [0.25, 0.3) is 0 Å². The maximum Gasteiger partial charge on any atom is 0.304 e. The number of nitrogens with one attached hydrogen (secondary N) is 1. The van der Waals surface area contributed by atoms with Gasteiger partial charge in [-0.1, -0.05) is 45.0 Å². The highest BCUT2D eigenvalue weighted by molar-refractivity contribution is 7.90. The van der Waals surface area contributed by atoms with Gasteiger partial charge in [0, 0.05) is 27.2 Å². The molecule has 0 unspecified atom stereocenters. The number of aryl methyl sites for hydroxylation is 2. The van der Waals surface area contributed by atoms with Gasteiger partial charge in [-0.3, -0.25) is 9.59 Å². The minimum Gasteiger partial charge on any atom is -0.497 e. The highest BCUT2D eigenvalue weighted by Crippen LogP contribution is 2.26. The van der Waals surface area contributed by atoms with E-state index in [-0.39, 0.29) is 18.4 Å². The number of carbonyl (C=O) groups is 2. The van der Waals surface area contributed by atoms with Gasteiger partial charge in [-0.15, -0.1) is 0 Å². The molecule has 0 bridgehead atoms. The Kier molecular flexibility index (Phi) is 11.1. The maximum atomic E-state index is 14.0. The smallest absolute Gasteiger partial charge is 0.304 e. The molecule has 0 saturated heterocycles. The Labute approximate surface area is 227 Å². The zero-order valence-electron chi connectivity index (χ0n) is 23.8. The molecule has 0 fully saturated rings. The molecule has 0 aromatic heterocycles. The first-order chi connectivity index (χ1) is 17.8. The average Bonchev–Trinajstić information content (AvgIpc) is 2.87. The Balaban J connectivity index is 2.53. The number of benzene rings is 2. The summed E-state index contributed by atoms with van der Waals surface area (Å²) in [4.78, 5) is 28.6. The van der Waals surface area contributed by atoms with Gasteiger partial charge in [-0.05, 0) is 61.1 Å². The maximum absolute atomic E-state index is 14.0. The zero-order chi connectivity index (χ0) is 28.6. The third-order valence-electron chi connectivity index (χ3n) is 6.23. The minimum atomic E-state index is -4.01. The van der Waals surface area contributed by atoms with Gasteiger partial charge < -0.3 is 15.0 Å². The minimum absolute atomic E-state index is 0.138. The zero-order valence-corrected chi connectivity index (χ0v) is 24.6. The van der Waals surface area contributed by atoms with Gasteiger partial charge in [0.1, 0.15) is 18.3 Å². The molecule has 9 nitrogen and oxygen atoms in total. The summed E-state index contributed by atoms with van der Waals surface area (Å²) < 4.78 is 34.3. The van der Waals surface area contributed by atoms with Crippen molar-refractivity contribution in [2.75, 3.05) is 38.6 Å². The monoisotopic (exact) mass is 546 g/mol. The summed E-state index contributed by atoms with van der Waals surface area (Å²) in [6, 6.07) is 11.9. The summed E-state index contributed by atoms with van der Waals surface area (Å²) >= 11 is 0. The lowest BCUT2D eigenvalue weighted by Crippen LogP contribution is -2.53. The lowest BCUT2D eigenvalue weighted by Gasteiger charge is -2.34. The van der Waals surface area contributed by atoms with E-state index in [2.05, 4.69) is 5.32 Å². The van der Waals surface area contributed by atoms with Crippen LogP contribution in [0.1, 0.15) is 43.9 Å². The number of ether oxygens (including phenoxy) is 1. The van der Waals surface area contributed by atoms with Crippen LogP contribution in [0.3, 0.4) is 0 Å². The SMILES string of the molecule is CC[C@@H](C(=O)NCC(C)C)N(Cc1ccc(OC)cc1)C(=O)CN(c1cc(C)ccc1C)S(=O)(=O)N(C)C. The summed E-state index contributed by atoms with van der Waals surface area (Å²) in [7, 11) is 0.423. The second-order valence-electron chi connectivity index (χ2n) is 10.0.